The Bertz CT molecular complexity index is 875. The van der Waals surface area contributed by atoms with Crippen molar-refractivity contribution in [1.29, 1.82) is 0 Å². The first-order chi connectivity index (χ1) is 16.8. The molecule has 3 aromatic rings. The predicted molar refractivity (Wildman–Crippen MR) is 126 cm³/mol. The van der Waals surface area contributed by atoms with E-state index in [9.17, 15) is 5.11 Å². The van der Waals surface area contributed by atoms with Crippen LogP contribution in [-0.4, -0.2) is 48.5 Å². The van der Waals surface area contributed by atoms with Crippen LogP contribution in [0.4, 0.5) is 0 Å². The van der Waals surface area contributed by atoms with Gasteiger partial charge in [0.25, 0.3) is 0 Å². The lowest BCUT2D eigenvalue weighted by molar-refractivity contribution is -0.339. The lowest BCUT2D eigenvalue weighted by Gasteiger charge is -2.51. The average molecular weight is 463 g/mol. The van der Waals surface area contributed by atoms with Crippen LogP contribution in [0.5, 0.6) is 0 Å². The summed E-state index contributed by atoms with van der Waals surface area (Å²) in [4.78, 5) is 0. The summed E-state index contributed by atoms with van der Waals surface area (Å²) in [6, 6.07) is 29.7. The van der Waals surface area contributed by atoms with Gasteiger partial charge in [0.2, 0.25) is 0 Å². The Hall–Kier alpha value is -2.58. The Morgan fingerprint density at radius 1 is 0.559 bits per heavy atom. The van der Waals surface area contributed by atoms with E-state index in [0.29, 0.717) is 19.8 Å². The number of hydrogen-bond acceptors (Lipinski definition) is 6. The summed E-state index contributed by atoms with van der Waals surface area (Å²) in [5.41, 5.74) is 3.09. The monoisotopic (exact) mass is 462 g/mol. The quantitative estimate of drug-likeness (QED) is 0.521. The number of rotatable bonds is 9. The van der Waals surface area contributed by atoms with E-state index >= 15 is 0 Å². The van der Waals surface area contributed by atoms with Gasteiger partial charge in [-0.15, -0.1) is 0 Å². The van der Waals surface area contributed by atoms with Crippen molar-refractivity contribution in [3.8, 4) is 0 Å². The lowest BCUT2D eigenvalue weighted by Crippen LogP contribution is -2.69. The Kier molecular flexibility index (Phi) is 7.65. The second-order valence-corrected chi connectivity index (χ2v) is 8.65. The molecular formula is C28H30O6. The maximum absolute atomic E-state index is 11.3. The van der Waals surface area contributed by atoms with Crippen LogP contribution in [0.2, 0.25) is 0 Å². The van der Waals surface area contributed by atoms with Gasteiger partial charge < -0.3 is 28.8 Å². The highest BCUT2D eigenvalue weighted by molar-refractivity contribution is 5.16. The Balaban J connectivity index is 1.35. The third-order valence-corrected chi connectivity index (χ3v) is 6.35. The van der Waals surface area contributed by atoms with Crippen molar-refractivity contribution in [1.82, 2.24) is 0 Å². The molecule has 6 atom stereocenters. The van der Waals surface area contributed by atoms with Gasteiger partial charge >= 0.3 is 0 Å². The van der Waals surface area contributed by atoms with Crippen molar-refractivity contribution in [2.75, 3.05) is 6.79 Å². The van der Waals surface area contributed by atoms with Crippen LogP contribution < -0.4 is 0 Å². The molecule has 6 nitrogen and oxygen atoms in total. The third kappa shape index (κ3) is 5.39. The highest BCUT2D eigenvalue weighted by atomic mass is 16.7. The predicted octanol–water partition coefficient (Wildman–Crippen LogP) is 3.86. The van der Waals surface area contributed by atoms with E-state index in [2.05, 4.69) is 0 Å². The first-order valence-corrected chi connectivity index (χ1v) is 11.7. The molecule has 0 amide bonds. The molecule has 0 aromatic heterocycles. The van der Waals surface area contributed by atoms with Gasteiger partial charge in [0.1, 0.15) is 43.4 Å². The van der Waals surface area contributed by atoms with Crippen molar-refractivity contribution >= 4 is 0 Å². The lowest BCUT2D eigenvalue weighted by atomic mass is 9.83. The molecule has 2 bridgehead atoms. The van der Waals surface area contributed by atoms with Gasteiger partial charge in [-0.05, 0) is 16.7 Å². The molecular weight excluding hydrogens is 432 g/mol. The molecule has 34 heavy (non-hydrogen) atoms. The average Bonchev–Trinajstić information content (AvgIpc) is 2.89. The van der Waals surface area contributed by atoms with Crippen LogP contribution >= 0.6 is 0 Å². The number of aliphatic hydroxyl groups excluding tert-OH is 1. The fourth-order valence-corrected chi connectivity index (χ4v) is 4.59. The van der Waals surface area contributed by atoms with Crippen molar-refractivity contribution in [2.45, 2.75) is 56.4 Å². The molecule has 1 saturated carbocycles. The zero-order valence-corrected chi connectivity index (χ0v) is 18.9. The Morgan fingerprint density at radius 3 is 1.29 bits per heavy atom. The second kappa shape index (κ2) is 11.2. The van der Waals surface area contributed by atoms with Crippen LogP contribution in [0.1, 0.15) is 16.7 Å². The van der Waals surface area contributed by atoms with Crippen molar-refractivity contribution in [2.24, 2.45) is 0 Å². The fraction of sp³-hybridized carbons (Fsp3) is 0.357. The fourth-order valence-electron chi connectivity index (χ4n) is 4.59. The third-order valence-electron chi connectivity index (χ3n) is 6.35. The summed E-state index contributed by atoms with van der Waals surface area (Å²) >= 11 is 0. The van der Waals surface area contributed by atoms with E-state index in [-0.39, 0.29) is 6.79 Å². The van der Waals surface area contributed by atoms with Gasteiger partial charge in [0, 0.05) is 0 Å². The molecule has 2 unspecified atom stereocenters. The second-order valence-electron chi connectivity index (χ2n) is 8.65. The molecule has 3 aromatic carbocycles. The van der Waals surface area contributed by atoms with E-state index < -0.39 is 36.6 Å². The topological polar surface area (TPSA) is 66.4 Å². The molecule has 0 spiro atoms. The van der Waals surface area contributed by atoms with Gasteiger partial charge in [0.05, 0.1) is 19.8 Å². The van der Waals surface area contributed by atoms with Gasteiger partial charge in [-0.25, -0.2) is 0 Å². The zero-order chi connectivity index (χ0) is 23.2. The molecule has 2 aliphatic rings. The summed E-state index contributed by atoms with van der Waals surface area (Å²) in [6.45, 7) is 1.21. The first kappa shape index (κ1) is 23.2. The molecule has 1 N–H and O–H groups in total. The van der Waals surface area contributed by atoms with Crippen LogP contribution in [0.15, 0.2) is 91.0 Å². The molecule has 1 aliphatic carbocycles. The number of hydrogen-bond donors (Lipinski definition) is 1. The zero-order valence-electron chi connectivity index (χ0n) is 18.9. The molecule has 6 heteroatoms. The summed E-state index contributed by atoms with van der Waals surface area (Å²) in [5, 5.41) is 11.3. The van der Waals surface area contributed by atoms with E-state index in [1.165, 1.54) is 0 Å². The molecule has 1 aliphatic heterocycles. The minimum atomic E-state index is -0.931. The van der Waals surface area contributed by atoms with Crippen molar-refractivity contribution < 1.29 is 28.8 Å². The minimum Gasteiger partial charge on any atom is -0.387 e. The number of fused-ring (bicyclic) bond motifs is 2. The number of aliphatic hydroxyl groups is 1. The standard InChI is InChI=1S/C28H30O6/c29-23-24(30-16-20-10-4-1-5-11-20)26-28(32-18-22-14-8-3-9-15-22)27(34-19-33-26)25(23)31-17-21-12-6-2-7-13-21/h1-15,23-29H,16-19H2/t23?,24-,25+,26+,27-,28?. The van der Waals surface area contributed by atoms with Crippen molar-refractivity contribution in [3.05, 3.63) is 108 Å². The molecule has 1 saturated heterocycles. The number of ether oxygens (including phenoxy) is 5. The normalized spacial score (nSPS) is 28.5. The smallest absolute Gasteiger partial charge is 0.148 e. The molecule has 178 valence electrons. The molecule has 1 heterocycles. The SMILES string of the molecule is OC1[C@@H](OCc2ccccc2)[C@@H]2OCO[C@@H](C2OCc2ccccc2)[C@H]1OCc1ccccc1. The Morgan fingerprint density at radius 2 is 0.912 bits per heavy atom. The van der Waals surface area contributed by atoms with Gasteiger partial charge in [-0.1, -0.05) is 91.0 Å². The Labute approximate surface area is 200 Å². The van der Waals surface area contributed by atoms with E-state index in [1.807, 2.05) is 91.0 Å². The van der Waals surface area contributed by atoms with Crippen LogP contribution in [0.3, 0.4) is 0 Å². The van der Waals surface area contributed by atoms with Gasteiger partial charge in [-0.3, -0.25) is 0 Å². The molecule has 2 fully saturated rings. The van der Waals surface area contributed by atoms with E-state index in [4.69, 9.17) is 23.7 Å². The van der Waals surface area contributed by atoms with Crippen LogP contribution in [-0.2, 0) is 43.5 Å². The summed E-state index contributed by atoms with van der Waals surface area (Å²) in [5.74, 6) is 0. The highest BCUT2D eigenvalue weighted by Gasteiger charge is 2.56. The molecule has 5 rings (SSSR count). The maximum atomic E-state index is 11.3. The van der Waals surface area contributed by atoms with Gasteiger partial charge in [-0.2, -0.15) is 0 Å². The highest BCUT2D eigenvalue weighted by Crippen LogP contribution is 2.36. The van der Waals surface area contributed by atoms with Crippen molar-refractivity contribution in [3.63, 3.8) is 0 Å². The first-order valence-electron chi connectivity index (χ1n) is 11.7. The van der Waals surface area contributed by atoms with Crippen LogP contribution in [0.25, 0.3) is 0 Å². The van der Waals surface area contributed by atoms with Crippen LogP contribution in [0, 0.1) is 0 Å². The van der Waals surface area contributed by atoms with E-state index in [1.54, 1.807) is 0 Å². The minimum absolute atomic E-state index is 0.101. The summed E-state index contributed by atoms with van der Waals surface area (Å²) < 4.78 is 30.7. The largest absolute Gasteiger partial charge is 0.387 e. The van der Waals surface area contributed by atoms with E-state index in [0.717, 1.165) is 16.7 Å². The summed E-state index contributed by atoms with van der Waals surface area (Å²) in [6.07, 6.45) is -3.57. The maximum Gasteiger partial charge on any atom is 0.148 e. The molecule has 0 radical (unpaired) electrons. The summed E-state index contributed by atoms with van der Waals surface area (Å²) in [7, 11) is 0. The van der Waals surface area contributed by atoms with Gasteiger partial charge in [0.15, 0.2) is 0 Å². The number of benzene rings is 3.